The molecule has 0 unspecified atom stereocenters. The number of rotatable bonds is 8. The molecule has 0 heterocycles. The van der Waals surface area contributed by atoms with Crippen molar-refractivity contribution in [2.75, 3.05) is 0 Å². The van der Waals surface area contributed by atoms with Crippen molar-refractivity contribution in [3.8, 4) is 0 Å². The van der Waals surface area contributed by atoms with Crippen LogP contribution in [-0.4, -0.2) is 25.8 Å². The van der Waals surface area contributed by atoms with Crippen molar-refractivity contribution in [3.63, 3.8) is 0 Å². The molecule has 0 N–H and O–H groups in total. The van der Waals surface area contributed by atoms with E-state index < -0.39 is 5.97 Å². The predicted molar refractivity (Wildman–Crippen MR) is 53.4 cm³/mol. The van der Waals surface area contributed by atoms with E-state index in [1.165, 1.54) is 32.1 Å². The number of halogens is 2. The molecule has 0 saturated carbocycles. The van der Waals surface area contributed by atoms with Crippen LogP contribution in [0.2, 0.25) is 0 Å². The average molecular weight is 401 g/mol. The van der Waals surface area contributed by atoms with E-state index in [1.807, 2.05) is 0 Å². The molecule has 5 heteroatoms. The zero-order chi connectivity index (χ0) is 9.23. The summed E-state index contributed by atoms with van der Waals surface area (Å²) in [5.41, 5.74) is 0. The van der Waals surface area contributed by atoms with Gasteiger partial charge in [-0.15, -0.1) is 0 Å². The number of hydrogen-bond acceptors (Lipinski definition) is 2. The smallest absolute Gasteiger partial charge is 1.00 e. The topological polar surface area (TPSA) is 40.1 Å². The normalized spacial score (nSPS) is 8.07. The molecule has 88 valence electrons. The number of hydrogen-bond donors (Lipinski definition) is 0. The molecule has 0 aromatic carbocycles. The van der Waals surface area contributed by atoms with E-state index >= 15 is 0 Å². The standard InChI is InChI=1S/C10H20O2.2BrH.Ga/c1-2-3-4-5-6-7-8-9-10(11)12;;;/h2-9H2,1H3,(H,11,12);2*1H;/q;;;+3/p-3. The molecular formula is C10H19Br2GaO2. The van der Waals surface area contributed by atoms with Gasteiger partial charge in [-0.1, -0.05) is 45.4 Å². The summed E-state index contributed by atoms with van der Waals surface area (Å²) in [6, 6.07) is 0. The number of unbranched alkanes of at least 4 members (excludes halogenated alkanes) is 6. The van der Waals surface area contributed by atoms with Gasteiger partial charge in [-0.2, -0.15) is 0 Å². The first-order chi connectivity index (χ1) is 5.77. The molecule has 0 aliphatic carbocycles. The van der Waals surface area contributed by atoms with Crippen LogP contribution in [0.25, 0.3) is 0 Å². The molecule has 0 rings (SSSR count). The van der Waals surface area contributed by atoms with Crippen LogP contribution in [0.3, 0.4) is 0 Å². The minimum atomic E-state index is -0.913. The molecule has 0 atom stereocenters. The van der Waals surface area contributed by atoms with Crippen molar-refractivity contribution < 1.29 is 43.9 Å². The van der Waals surface area contributed by atoms with Crippen molar-refractivity contribution >= 4 is 25.8 Å². The van der Waals surface area contributed by atoms with Crippen LogP contribution in [-0.2, 0) is 4.79 Å². The van der Waals surface area contributed by atoms with E-state index in [-0.39, 0.29) is 60.2 Å². The van der Waals surface area contributed by atoms with E-state index in [4.69, 9.17) is 0 Å². The SMILES string of the molecule is CCCCCCCCCC(=O)[O-].[Br-].[Br-].[Ga+3]. The summed E-state index contributed by atoms with van der Waals surface area (Å²) in [7, 11) is 0. The second kappa shape index (κ2) is 20.5. The molecule has 0 saturated heterocycles. The minimum absolute atomic E-state index is 0. The molecule has 0 aliphatic rings. The van der Waals surface area contributed by atoms with E-state index in [9.17, 15) is 9.90 Å². The van der Waals surface area contributed by atoms with Gasteiger partial charge in [-0.05, 0) is 12.8 Å². The van der Waals surface area contributed by atoms with E-state index in [0.29, 0.717) is 0 Å². The van der Waals surface area contributed by atoms with Crippen LogP contribution in [0.4, 0.5) is 0 Å². The van der Waals surface area contributed by atoms with Crippen LogP contribution in [0.5, 0.6) is 0 Å². The molecule has 0 aliphatic heterocycles. The molecule has 2 nitrogen and oxygen atoms in total. The second-order valence-electron chi connectivity index (χ2n) is 3.24. The maximum absolute atomic E-state index is 10.0. The van der Waals surface area contributed by atoms with Gasteiger partial charge in [0.2, 0.25) is 0 Å². The summed E-state index contributed by atoms with van der Waals surface area (Å²) < 4.78 is 0. The van der Waals surface area contributed by atoms with E-state index in [0.717, 1.165) is 12.8 Å². The zero-order valence-electron chi connectivity index (χ0n) is 9.31. The Morgan fingerprint density at radius 3 is 1.73 bits per heavy atom. The monoisotopic (exact) mass is 398 g/mol. The number of aliphatic carboxylic acids is 1. The average Bonchev–Trinajstić information content (AvgIpc) is 2.02. The molecule has 0 spiro atoms. The van der Waals surface area contributed by atoms with Gasteiger partial charge in [0.1, 0.15) is 0 Å². The molecule has 15 heavy (non-hydrogen) atoms. The summed E-state index contributed by atoms with van der Waals surface area (Å²) >= 11 is 0. The Balaban J connectivity index is -0.000000202. The Morgan fingerprint density at radius 1 is 0.933 bits per heavy atom. The summed E-state index contributed by atoms with van der Waals surface area (Å²) in [6.45, 7) is 2.19. The van der Waals surface area contributed by atoms with Crippen molar-refractivity contribution in [3.05, 3.63) is 0 Å². The fourth-order valence-electron chi connectivity index (χ4n) is 1.23. The van der Waals surface area contributed by atoms with Crippen molar-refractivity contribution in [1.29, 1.82) is 0 Å². The van der Waals surface area contributed by atoms with Gasteiger partial charge in [-0.25, -0.2) is 0 Å². The number of carboxylic acids is 1. The second-order valence-corrected chi connectivity index (χ2v) is 3.24. The molecule has 0 bridgehead atoms. The quantitative estimate of drug-likeness (QED) is 0.304. The predicted octanol–water partition coefficient (Wildman–Crippen LogP) is -4.50. The molecule has 0 aromatic rings. The van der Waals surface area contributed by atoms with Gasteiger partial charge in [-0.3, -0.25) is 0 Å². The molecule has 0 fully saturated rings. The first-order valence-corrected chi connectivity index (χ1v) is 4.97. The number of carbonyl (C=O) groups excluding carboxylic acids is 1. The molecule has 0 radical (unpaired) electrons. The van der Waals surface area contributed by atoms with E-state index in [1.54, 1.807) is 0 Å². The van der Waals surface area contributed by atoms with Crippen molar-refractivity contribution in [1.82, 2.24) is 0 Å². The third-order valence-electron chi connectivity index (χ3n) is 1.98. The molecule has 0 aromatic heterocycles. The third kappa shape index (κ3) is 25.4. The van der Waals surface area contributed by atoms with Crippen LogP contribution < -0.4 is 39.1 Å². The Labute approximate surface area is 127 Å². The molecular weight excluding hydrogens is 382 g/mol. The summed E-state index contributed by atoms with van der Waals surface area (Å²) in [5, 5.41) is 10.0. The van der Waals surface area contributed by atoms with E-state index in [2.05, 4.69) is 6.92 Å². The number of carbonyl (C=O) groups is 1. The van der Waals surface area contributed by atoms with Crippen LogP contribution in [0.15, 0.2) is 0 Å². The Morgan fingerprint density at radius 2 is 1.33 bits per heavy atom. The Bertz CT molecular complexity index is 124. The zero-order valence-corrected chi connectivity index (χ0v) is 14.9. The maximum atomic E-state index is 10.0. The van der Waals surface area contributed by atoms with Crippen molar-refractivity contribution in [2.24, 2.45) is 0 Å². The first-order valence-electron chi connectivity index (χ1n) is 4.97. The van der Waals surface area contributed by atoms with Gasteiger partial charge in [0.05, 0.1) is 0 Å². The fraction of sp³-hybridized carbons (Fsp3) is 0.900. The maximum Gasteiger partial charge on any atom is 3.00 e. The van der Waals surface area contributed by atoms with Gasteiger partial charge in [0, 0.05) is 5.97 Å². The Hall–Kier alpha value is 1.07. The van der Waals surface area contributed by atoms with Crippen LogP contribution >= 0.6 is 0 Å². The summed E-state index contributed by atoms with van der Waals surface area (Å²) in [6.07, 6.45) is 8.34. The molecule has 0 amide bonds. The van der Waals surface area contributed by atoms with Crippen molar-refractivity contribution in [2.45, 2.75) is 58.3 Å². The van der Waals surface area contributed by atoms with Crippen LogP contribution in [0, 0.1) is 0 Å². The third-order valence-corrected chi connectivity index (χ3v) is 1.98. The van der Waals surface area contributed by atoms with Gasteiger partial charge in [0.25, 0.3) is 0 Å². The van der Waals surface area contributed by atoms with Gasteiger partial charge in [0.15, 0.2) is 0 Å². The first kappa shape index (κ1) is 25.0. The minimum Gasteiger partial charge on any atom is -1.00 e. The fourth-order valence-corrected chi connectivity index (χ4v) is 1.23. The van der Waals surface area contributed by atoms with Gasteiger partial charge >= 0.3 is 19.8 Å². The largest absolute Gasteiger partial charge is 3.00 e. The van der Waals surface area contributed by atoms with Gasteiger partial charge < -0.3 is 43.9 Å². The summed E-state index contributed by atoms with van der Waals surface area (Å²) in [5.74, 6) is -0.913. The number of carboxylic acid groups (broad SMARTS) is 1. The Kier molecular flexibility index (Phi) is 34.2. The van der Waals surface area contributed by atoms with Crippen LogP contribution in [0.1, 0.15) is 58.3 Å². The summed E-state index contributed by atoms with van der Waals surface area (Å²) in [4.78, 5) is 10.0.